The topological polar surface area (TPSA) is 47.4 Å². The first kappa shape index (κ1) is 13.7. The van der Waals surface area contributed by atoms with Crippen LogP contribution in [0.15, 0.2) is 53.8 Å². The van der Waals surface area contributed by atoms with Gasteiger partial charge < -0.3 is 4.74 Å². The average molecular weight is 281 g/mol. The van der Waals surface area contributed by atoms with Gasteiger partial charge in [0.25, 0.3) is 0 Å². The molecule has 0 unspecified atom stereocenters. The first-order chi connectivity index (χ1) is 10.3. The third-order valence-corrected chi connectivity index (χ3v) is 3.68. The molecule has 0 saturated heterocycles. The fraction of sp³-hybridized carbons (Fsp3) is 0.353. The highest BCUT2D eigenvalue weighted by molar-refractivity contribution is 5.87. The van der Waals surface area contributed by atoms with E-state index in [4.69, 9.17) is 9.73 Å². The quantitative estimate of drug-likeness (QED) is 0.865. The molecular weight excluding hydrogens is 262 g/mol. The Labute approximate surface area is 124 Å². The molecule has 4 heteroatoms. The second-order valence-electron chi connectivity index (χ2n) is 5.53. The van der Waals surface area contributed by atoms with Gasteiger partial charge in [-0.15, -0.1) is 0 Å². The minimum absolute atomic E-state index is 0.129. The fourth-order valence-electron chi connectivity index (χ4n) is 2.41. The number of nitrogens with zero attached hydrogens (tertiary/aromatic N) is 3. The highest BCUT2D eigenvalue weighted by Gasteiger charge is 2.31. The standard InChI is InChI=1S/C17H19N3O/c1-12(2)15-11-21-17(20-15)16(13-7-3-5-9-18-13)14-8-4-6-10-19-14/h3-10,12,15-16H,11H2,1-2H3/t15-/m1/s1. The monoisotopic (exact) mass is 281 g/mol. The molecule has 21 heavy (non-hydrogen) atoms. The molecule has 108 valence electrons. The summed E-state index contributed by atoms with van der Waals surface area (Å²) >= 11 is 0. The van der Waals surface area contributed by atoms with Crippen molar-refractivity contribution in [1.29, 1.82) is 0 Å². The maximum atomic E-state index is 5.87. The van der Waals surface area contributed by atoms with Crippen LogP contribution < -0.4 is 0 Å². The number of ether oxygens (including phenoxy) is 1. The van der Waals surface area contributed by atoms with Crippen LogP contribution >= 0.6 is 0 Å². The summed E-state index contributed by atoms with van der Waals surface area (Å²) in [5, 5.41) is 0. The highest BCUT2D eigenvalue weighted by Crippen LogP contribution is 2.28. The lowest BCUT2D eigenvalue weighted by Crippen LogP contribution is -2.17. The molecule has 0 spiro atoms. The van der Waals surface area contributed by atoms with Gasteiger partial charge in [0.15, 0.2) is 5.90 Å². The number of hydrogen-bond acceptors (Lipinski definition) is 4. The van der Waals surface area contributed by atoms with Crippen molar-refractivity contribution in [2.75, 3.05) is 6.61 Å². The Bertz CT molecular complexity index is 571. The van der Waals surface area contributed by atoms with Gasteiger partial charge in [-0.25, -0.2) is 4.99 Å². The zero-order chi connectivity index (χ0) is 14.7. The van der Waals surface area contributed by atoms with E-state index in [-0.39, 0.29) is 12.0 Å². The molecule has 0 bridgehead atoms. The summed E-state index contributed by atoms with van der Waals surface area (Å²) in [6, 6.07) is 12.0. The minimum atomic E-state index is -0.129. The van der Waals surface area contributed by atoms with E-state index in [1.807, 2.05) is 36.4 Å². The smallest absolute Gasteiger partial charge is 0.199 e. The first-order valence-corrected chi connectivity index (χ1v) is 7.28. The van der Waals surface area contributed by atoms with Crippen LogP contribution in [0.5, 0.6) is 0 Å². The van der Waals surface area contributed by atoms with E-state index >= 15 is 0 Å². The fourth-order valence-corrected chi connectivity index (χ4v) is 2.41. The van der Waals surface area contributed by atoms with Crippen LogP contribution in [0.25, 0.3) is 0 Å². The second kappa shape index (κ2) is 6.04. The number of hydrogen-bond donors (Lipinski definition) is 0. The predicted molar refractivity (Wildman–Crippen MR) is 82.3 cm³/mol. The number of aliphatic imine (C=N–C) groups is 1. The Morgan fingerprint density at radius 1 is 1.00 bits per heavy atom. The molecule has 0 N–H and O–H groups in total. The zero-order valence-corrected chi connectivity index (χ0v) is 12.3. The van der Waals surface area contributed by atoms with Crippen molar-refractivity contribution < 1.29 is 4.74 Å². The zero-order valence-electron chi connectivity index (χ0n) is 12.3. The van der Waals surface area contributed by atoms with Gasteiger partial charge in [-0.05, 0) is 30.2 Å². The maximum Gasteiger partial charge on any atom is 0.199 e. The first-order valence-electron chi connectivity index (χ1n) is 7.28. The highest BCUT2D eigenvalue weighted by atomic mass is 16.5. The van der Waals surface area contributed by atoms with Crippen molar-refractivity contribution in [2.45, 2.75) is 25.8 Å². The van der Waals surface area contributed by atoms with E-state index < -0.39 is 0 Å². The second-order valence-corrected chi connectivity index (χ2v) is 5.53. The van der Waals surface area contributed by atoms with Crippen LogP contribution in [-0.4, -0.2) is 28.5 Å². The van der Waals surface area contributed by atoms with E-state index in [9.17, 15) is 0 Å². The van der Waals surface area contributed by atoms with Crippen LogP contribution in [0.1, 0.15) is 31.2 Å². The van der Waals surface area contributed by atoms with Crippen molar-refractivity contribution >= 4 is 5.90 Å². The van der Waals surface area contributed by atoms with Crippen LogP contribution in [0, 0.1) is 5.92 Å². The summed E-state index contributed by atoms with van der Waals surface area (Å²) in [4.78, 5) is 13.7. The van der Waals surface area contributed by atoms with E-state index in [0.717, 1.165) is 17.3 Å². The molecule has 0 aromatic carbocycles. The molecule has 1 atom stereocenters. The summed E-state index contributed by atoms with van der Waals surface area (Å²) in [6.45, 7) is 4.97. The van der Waals surface area contributed by atoms with Crippen molar-refractivity contribution in [3.63, 3.8) is 0 Å². The summed E-state index contributed by atoms with van der Waals surface area (Å²) in [5.74, 6) is 1.07. The SMILES string of the molecule is CC(C)[C@H]1COC(C(c2ccccn2)c2ccccn2)=N1. The van der Waals surface area contributed by atoms with Crippen LogP contribution in [0.2, 0.25) is 0 Å². The number of pyridine rings is 2. The van der Waals surface area contributed by atoms with Crippen molar-refractivity contribution in [3.8, 4) is 0 Å². The van der Waals surface area contributed by atoms with Gasteiger partial charge in [-0.1, -0.05) is 26.0 Å². The van der Waals surface area contributed by atoms with E-state index in [1.54, 1.807) is 12.4 Å². The van der Waals surface area contributed by atoms with Gasteiger partial charge in [0.05, 0.1) is 17.4 Å². The van der Waals surface area contributed by atoms with Gasteiger partial charge in [-0.2, -0.15) is 0 Å². The summed E-state index contributed by atoms with van der Waals surface area (Å²) in [7, 11) is 0. The van der Waals surface area contributed by atoms with E-state index in [2.05, 4.69) is 23.8 Å². The molecule has 1 aliphatic heterocycles. The third kappa shape index (κ3) is 2.94. The molecule has 0 amide bonds. The third-order valence-electron chi connectivity index (χ3n) is 3.68. The van der Waals surface area contributed by atoms with Crippen LogP contribution in [-0.2, 0) is 4.74 Å². The molecule has 0 fully saturated rings. The minimum Gasteiger partial charge on any atom is -0.478 e. The average Bonchev–Trinajstić information content (AvgIpc) is 3.00. The molecular formula is C17H19N3O. The predicted octanol–water partition coefficient (Wildman–Crippen LogP) is 3.06. The molecule has 3 rings (SSSR count). The Morgan fingerprint density at radius 3 is 2.05 bits per heavy atom. The van der Waals surface area contributed by atoms with E-state index in [0.29, 0.717) is 12.5 Å². The normalized spacial score (nSPS) is 17.9. The summed E-state index contributed by atoms with van der Waals surface area (Å²) in [6.07, 6.45) is 3.58. The molecule has 3 heterocycles. The van der Waals surface area contributed by atoms with Gasteiger partial charge in [0, 0.05) is 12.4 Å². The lowest BCUT2D eigenvalue weighted by Gasteiger charge is -2.15. The van der Waals surface area contributed by atoms with Gasteiger partial charge in [-0.3, -0.25) is 9.97 Å². The van der Waals surface area contributed by atoms with Gasteiger partial charge >= 0.3 is 0 Å². The Kier molecular flexibility index (Phi) is 3.95. The van der Waals surface area contributed by atoms with Crippen LogP contribution in [0.4, 0.5) is 0 Å². The van der Waals surface area contributed by atoms with Gasteiger partial charge in [0.2, 0.25) is 0 Å². The maximum absolute atomic E-state index is 5.87. The molecule has 4 nitrogen and oxygen atoms in total. The van der Waals surface area contributed by atoms with E-state index in [1.165, 1.54) is 0 Å². The molecule has 1 aliphatic rings. The molecule has 2 aromatic heterocycles. The molecule has 0 saturated carbocycles. The Morgan fingerprint density at radius 2 is 1.62 bits per heavy atom. The molecule has 2 aromatic rings. The van der Waals surface area contributed by atoms with Crippen molar-refractivity contribution in [1.82, 2.24) is 9.97 Å². The molecule has 0 aliphatic carbocycles. The number of aromatic nitrogens is 2. The van der Waals surface area contributed by atoms with Gasteiger partial charge in [0.1, 0.15) is 12.5 Å². The summed E-state index contributed by atoms with van der Waals surface area (Å²) < 4.78 is 5.87. The lowest BCUT2D eigenvalue weighted by atomic mass is 9.99. The Hall–Kier alpha value is -2.23. The van der Waals surface area contributed by atoms with Crippen LogP contribution in [0.3, 0.4) is 0 Å². The number of rotatable bonds is 4. The van der Waals surface area contributed by atoms with Crippen molar-refractivity contribution in [3.05, 3.63) is 60.2 Å². The van der Waals surface area contributed by atoms with Crippen molar-refractivity contribution in [2.24, 2.45) is 10.9 Å². The Balaban J connectivity index is 2.00. The molecule has 0 radical (unpaired) electrons. The summed E-state index contributed by atoms with van der Waals surface area (Å²) in [5.41, 5.74) is 1.83. The lowest BCUT2D eigenvalue weighted by molar-refractivity contribution is 0.284. The largest absolute Gasteiger partial charge is 0.478 e.